The normalized spacial score (nSPS) is 18.8. The zero-order valence-electron chi connectivity index (χ0n) is 10.3. The van der Waals surface area contributed by atoms with E-state index in [4.69, 9.17) is 0 Å². The molecule has 6 heteroatoms. The van der Waals surface area contributed by atoms with Crippen molar-refractivity contribution >= 4 is 27.7 Å². The molecule has 1 aromatic rings. The van der Waals surface area contributed by atoms with Gasteiger partial charge >= 0.3 is 0 Å². The molecule has 1 saturated heterocycles. The summed E-state index contributed by atoms with van der Waals surface area (Å²) in [5, 5.41) is 15.3. The predicted octanol–water partition coefficient (Wildman–Crippen LogP) is 1.09. The maximum absolute atomic E-state index is 11.9. The highest BCUT2D eigenvalue weighted by Crippen LogP contribution is 2.22. The molecule has 3 N–H and O–H groups in total. The molecule has 0 aromatic heterocycles. The first-order chi connectivity index (χ1) is 9.04. The first-order valence-corrected chi connectivity index (χ1v) is 6.87. The number of nitrogens with one attached hydrogen (secondary N) is 2. The van der Waals surface area contributed by atoms with Crippen LogP contribution in [0.5, 0.6) is 5.75 Å². The van der Waals surface area contributed by atoms with E-state index in [1.54, 1.807) is 18.2 Å². The number of aromatic hydroxyl groups is 1. The molecular weight excluding hydrogens is 312 g/mol. The SMILES string of the molecule is O=C1CCC(NC(=O)Cc2ccc(Br)cc2O)CN1. The van der Waals surface area contributed by atoms with Gasteiger partial charge in [0.15, 0.2) is 0 Å². The number of piperidine rings is 1. The zero-order valence-corrected chi connectivity index (χ0v) is 11.9. The largest absolute Gasteiger partial charge is 0.508 e. The van der Waals surface area contributed by atoms with Crippen molar-refractivity contribution in [2.24, 2.45) is 0 Å². The Bertz CT molecular complexity index is 495. The highest BCUT2D eigenvalue weighted by atomic mass is 79.9. The number of amides is 2. The van der Waals surface area contributed by atoms with E-state index in [0.717, 1.165) is 4.47 Å². The fraction of sp³-hybridized carbons (Fsp3) is 0.385. The molecule has 0 bridgehead atoms. The third-order valence-corrected chi connectivity index (χ3v) is 3.52. The lowest BCUT2D eigenvalue weighted by Crippen LogP contribution is -2.48. The minimum absolute atomic E-state index is 0.0241. The van der Waals surface area contributed by atoms with Gasteiger partial charge in [0, 0.05) is 29.0 Å². The number of benzene rings is 1. The molecule has 1 aromatic carbocycles. The highest BCUT2D eigenvalue weighted by molar-refractivity contribution is 9.10. The van der Waals surface area contributed by atoms with Gasteiger partial charge in [0.25, 0.3) is 0 Å². The van der Waals surface area contributed by atoms with Gasteiger partial charge in [-0.15, -0.1) is 0 Å². The Morgan fingerprint density at radius 2 is 2.32 bits per heavy atom. The van der Waals surface area contributed by atoms with E-state index >= 15 is 0 Å². The molecule has 19 heavy (non-hydrogen) atoms. The summed E-state index contributed by atoms with van der Waals surface area (Å²) >= 11 is 3.25. The van der Waals surface area contributed by atoms with Gasteiger partial charge in [-0.1, -0.05) is 22.0 Å². The van der Waals surface area contributed by atoms with Crippen LogP contribution >= 0.6 is 15.9 Å². The van der Waals surface area contributed by atoms with Crippen LogP contribution in [0, 0.1) is 0 Å². The Balaban J connectivity index is 1.89. The summed E-state index contributed by atoms with van der Waals surface area (Å²) in [6.45, 7) is 0.469. The number of rotatable bonds is 3. The molecule has 0 spiro atoms. The van der Waals surface area contributed by atoms with Crippen molar-refractivity contribution in [3.8, 4) is 5.75 Å². The van der Waals surface area contributed by atoms with Crippen molar-refractivity contribution in [3.63, 3.8) is 0 Å². The summed E-state index contributed by atoms with van der Waals surface area (Å²) in [5.41, 5.74) is 0.584. The first-order valence-electron chi connectivity index (χ1n) is 6.08. The molecule has 2 amide bonds. The van der Waals surface area contributed by atoms with Crippen LogP contribution in [0.15, 0.2) is 22.7 Å². The maximum atomic E-state index is 11.9. The number of phenolic OH excluding ortho intramolecular Hbond substituents is 1. The van der Waals surface area contributed by atoms with Crippen LogP contribution in [0.4, 0.5) is 0 Å². The Morgan fingerprint density at radius 3 is 2.95 bits per heavy atom. The number of phenols is 1. The zero-order chi connectivity index (χ0) is 13.8. The van der Waals surface area contributed by atoms with Crippen molar-refractivity contribution < 1.29 is 14.7 Å². The van der Waals surface area contributed by atoms with E-state index in [9.17, 15) is 14.7 Å². The van der Waals surface area contributed by atoms with Crippen LogP contribution in [0.3, 0.4) is 0 Å². The third kappa shape index (κ3) is 3.96. The van der Waals surface area contributed by atoms with Gasteiger partial charge < -0.3 is 15.7 Å². The number of hydrogen-bond acceptors (Lipinski definition) is 3. The highest BCUT2D eigenvalue weighted by Gasteiger charge is 2.19. The van der Waals surface area contributed by atoms with E-state index in [-0.39, 0.29) is 30.0 Å². The van der Waals surface area contributed by atoms with Crippen LogP contribution in [0.2, 0.25) is 0 Å². The summed E-state index contributed by atoms with van der Waals surface area (Å²) in [6, 6.07) is 5.02. The Morgan fingerprint density at radius 1 is 1.53 bits per heavy atom. The van der Waals surface area contributed by atoms with E-state index in [1.807, 2.05) is 0 Å². The van der Waals surface area contributed by atoms with Crippen molar-refractivity contribution in [2.75, 3.05) is 6.54 Å². The predicted molar refractivity (Wildman–Crippen MR) is 73.7 cm³/mol. The third-order valence-electron chi connectivity index (χ3n) is 3.03. The lowest BCUT2D eigenvalue weighted by atomic mass is 10.1. The smallest absolute Gasteiger partial charge is 0.224 e. The second-order valence-electron chi connectivity index (χ2n) is 4.56. The number of halogens is 1. The number of hydrogen-bond donors (Lipinski definition) is 3. The van der Waals surface area contributed by atoms with Gasteiger partial charge in [-0.2, -0.15) is 0 Å². The van der Waals surface area contributed by atoms with E-state index in [2.05, 4.69) is 26.6 Å². The van der Waals surface area contributed by atoms with E-state index in [0.29, 0.717) is 24.9 Å². The maximum Gasteiger partial charge on any atom is 0.224 e. The number of carbonyl (C=O) groups is 2. The summed E-state index contributed by atoms with van der Waals surface area (Å²) in [5.74, 6) is -0.0312. The lowest BCUT2D eigenvalue weighted by Gasteiger charge is -2.23. The van der Waals surface area contributed by atoms with Gasteiger partial charge in [0.1, 0.15) is 5.75 Å². The van der Waals surface area contributed by atoms with Crippen molar-refractivity contribution in [3.05, 3.63) is 28.2 Å². The molecule has 2 rings (SSSR count). The fourth-order valence-corrected chi connectivity index (χ4v) is 2.34. The molecule has 0 radical (unpaired) electrons. The number of carbonyl (C=O) groups excluding carboxylic acids is 2. The summed E-state index contributed by atoms with van der Waals surface area (Å²) in [6.07, 6.45) is 1.22. The summed E-state index contributed by atoms with van der Waals surface area (Å²) in [4.78, 5) is 22.9. The minimum atomic E-state index is -0.154. The minimum Gasteiger partial charge on any atom is -0.508 e. The Labute approximate surface area is 119 Å². The standard InChI is InChI=1S/C13H15BrN2O3/c14-9-2-1-8(11(17)6-9)5-13(19)16-10-3-4-12(18)15-7-10/h1-2,6,10,17H,3-5,7H2,(H,15,18)(H,16,19). The van der Waals surface area contributed by atoms with Crippen LogP contribution in [-0.4, -0.2) is 29.5 Å². The van der Waals surface area contributed by atoms with E-state index < -0.39 is 0 Å². The van der Waals surface area contributed by atoms with Crippen LogP contribution in [-0.2, 0) is 16.0 Å². The van der Waals surface area contributed by atoms with Gasteiger partial charge in [0.05, 0.1) is 6.42 Å². The van der Waals surface area contributed by atoms with Gasteiger partial charge in [-0.05, 0) is 18.6 Å². The molecule has 1 fully saturated rings. The van der Waals surface area contributed by atoms with Crippen molar-refractivity contribution in [1.82, 2.24) is 10.6 Å². The molecule has 1 atom stereocenters. The Kier molecular flexibility index (Phi) is 4.42. The van der Waals surface area contributed by atoms with Crippen LogP contribution in [0.1, 0.15) is 18.4 Å². The average molecular weight is 327 g/mol. The van der Waals surface area contributed by atoms with Gasteiger partial charge in [-0.25, -0.2) is 0 Å². The second kappa shape index (κ2) is 6.06. The fourth-order valence-electron chi connectivity index (χ4n) is 1.99. The molecule has 0 aliphatic carbocycles. The second-order valence-corrected chi connectivity index (χ2v) is 5.47. The molecule has 1 unspecified atom stereocenters. The molecule has 102 valence electrons. The van der Waals surface area contributed by atoms with Gasteiger partial charge in [0.2, 0.25) is 11.8 Å². The van der Waals surface area contributed by atoms with E-state index in [1.165, 1.54) is 0 Å². The molecular formula is C13H15BrN2O3. The average Bonchev–Trinajstić information content (AvgIpc) is 2.36. The van der Waals surface area contributed by atoms with Crippen molar-refractivity contribution in [1.29, 1.82) is 0 Å². The molecule has 1 aliphatic rings. The topological polar surface area (TPSA) is 78.4 Å². The summed E-state index contributed by atoms with van der Waals surface area (Å²) in [7, 11) is 0. The monoisotopic (exact) mass is 326 g/mol. The first kappa shape index (κ1) is 13.9. The summed E-state index contributed by atoms with van der Waals surface area (Å²) < 4.78 is 0.768. The van der Waals surface area contributed by atoms with Crippen LogP contribution < -0.4 is 10.6 Å². The quantitative estimate of drug-likeness (QED) is 0.778. The van der Waals surface area contributed by atoms with Gasteiger partial charge in [-0.3, -0.25) is 9.59 Å². The molecule has 1 heterocycles. The Hall–Kier alpha value is -1.56. The lowest BCUT2D eigenvalue weighted by molar-refractivity contribution is -0.125. The molecule has 1 aliphatic heterocycles. The van der Waals surface area contributed by atoms with Crippen molar-refractivity contribution in [2.45, 2.75) is 25.3 Å². The molecule has 0 saturated carbocycles. The molecule has 5 nitrogen and oxygen atoms in total. The van der Waals surface area contributed by atoms with Crippen LogP contribution in [0.25, 0.3) is 0 Å².